The van der Waals surface area contributed by atoms with E-state index in [4.69, 9.17) is 9.47 Å². The number of nitrogens with zero attached hydrogens (tertiary/aromatic N) is 2. The number of methoxy groups -OCH3 is 1. The minimum absolute atomic E-state index is 0.264. The second kappa shape index (κ2) is 15.4. The van der Waals surface area contributed by atoms with Gasteiger partial charge in [-0.15, -0.1) is 0 Å². The van der Waals surface area contributed by atoms with Crippen LogP contribution in [0.15, 0.2) is 35.3 Å². The fourth-order valence-corrected chi connectivity index (χ4v) is 2.43. The molecule has 3 N–H and O–H groups in total. The molecule has 1 rings (SSSR count). The highest BCUT2D eigenvalue weighted by molar-refractivity contribution is 5.79. The molecule has 0 radical (unpaired) electrons. The molecule has 0 aliphatic rings. The van der Waals surface area contributed by atoms with Crippen LogP contribution in [-0.4, -0.2) is 82.2 Å². The molecule has 0 saturated carbocycles. The van der Waals surface area contributed by atoms with E-state index in [0.717, 1.165) is 44.8 Å². The number of aliphatic hydroxyl groups excluding tert-OH is 1. The van der Waals surface area contributed by atoms with Gasteiger partial charge in [0.15, 0.2) is 5.96 Å². The zero-order chi connectivity index (χ0) is 19.7. The number of aliphatic hydroxyl groups is 1. The highest BCUT2D eigenvalue weighted by atomic mass is 16.5. The highest BCUT2D eigenvalue weighted by Crippen LogP contribution is 2.01. The second-order valence-corrected chi connectivity index (χ2v) is 6.45. The SMILES string of the molecule is CCNC(=NCC(O)COCc1ccccc1)NCCN(C)CCCOC. The molecule has 27 heavy (non-hydrogen) atoms. The first-order valence-electron chi connectivity index (χ1n) is 9.65. The number of nitrogens with one attached hydrogen (secondary N) is 2. The van der Waals surface area contributed by atoms with Gasteiger partial charge in [-0.3, -0.25) is 4.99 Å². The molecule has 0 amide bonds. The van der Waals surface area contributed by atoms with Gasteiger partial charge in [0.05, 0.1) is 25.9 Å². The van der Waals surface area contributed by atoms with Gasteiger partial charge in [0.2, 0.25) is 0 Å². The molecule has 7 heteroatoms. The van der Waals surface area contributed by atoms with Crippen molar-refractivity contribution in [3.8, 4) is 0 Å². The smallest absolute Gasteiger partial charge is 0.191 e. The summed E-state index contributed by atoms with van der Waals surface area (Å²) >= 11 is 0. The summed E-state index contributed by atoms with van der Waals surface area (Å²) in [5.41, 5.74) is 1.10. The number of benzene rings is 1. The van der Waals surface area contributed by atoms with Gasteiger partial charge < -0.3 is 30.1 Å². The summed E-state index contributed by atoms with van der Waals surface area (Å²) in [6.07, 6.45) is 0.400. The maximum Gasteiger partial charge on any atom is 0.191 e. The molecule has 1 aromatic rings. The molecule has 0 aliphatic carbocycles. The second-order valence-electron chi connectivity index (χ2n) is 6.45. The molecular formula is C20H36N4O3. The lowest BCUT2D eigenvalue weighted by Crippen LogP contribution is -2.41. The number of guanidine groups is 1. The monoisotopic (exact) mass is 380 g/mol. The molecule has 0 bridgehead atoms. The molecule has 1 atom stereocenters. The number of hydrogen-bond acceptors (Lipinski definition) is 5. The van der Waals surface area contributed by atoms with Crippen LogP contribution in [0, 0.1) is 0 Å². The summed E-state index contributed by atoms with van der Waals surface area (Å²) in [5.74, 6) is 0.713. The summed E-state index contributed by atoms with van der Waals surface area (Å²) in [6.45, 7) is 7.34. The van der Waals surface area contributed by atoms with Gasteiger partial charge in [-0.25, -0.2) is 0 Å². The van der Waals surface area contributed by atoms with Gasteiger partial charge in [-0.2, -0.15) is 0 Å². The molecule has 1 aromatic carbocycles. The summed E-state index contributed by atoms with van der Waals surface area (Å²) in [6, 6.07) is 9.93. The average Bonchev–Trinajstić information content (AvgIpc) is 2.67. The van der Waals surface area contributed by atoms with Crippen molar-refractivity contribution in [2.45, 2.75) is 26.1 Å². The normalized spacial score (nSPS) is 13.0. The van der Waals surface area contributed by atoms with Crippen molar-refractivity contribution in [1.29, 1.82) is 0 Å². The van der Waals surface area contributed by atoms with Crippen LogP contribution in [0.3, 0.4) is 0 Å². The van der Waals surface area contributed by atoms with Gasteiger partial charge in [0.25, 0.3) is 0 Å². The van der Waals surface area contributed by atoms with Crippen LogP contribution >= 0.6 is 0 Å². The number of likely N-dealkylation sites (N-methyl/N-ethyl adjacent to an activating group) is 1. The zero-order valence-corrected chi connectivity index (χ0v) is 17.0. The molecule has 0 aromatic heterocycles. The summed E-state index contributed by atoms with van der Waals surface area (Å²) in [5, 5.41) is 16.6. The lowest BCUT2D eigenvalue weighted by atomic mass is 10.2. The summed E-state index contributed by atoms with van der Waals surface area (Å²) in [7, 11) is 3.82. The quantitative estimate of drug-likeness (QED) is 0.255. The van der Waals surface area contributed by atoms with Crippen molar-refractivity contribution in [2.24, 2.45) is 4.99 Å². The molecule has 0 spiro atoms. The van der Waals surface area contributed by atoms with E-state index in [2.05, 4.69) is 27.6 Å². The lowest BCUT2D eigenvalue weighted by Gasteiger charge is -2.18. The Morgan fingerprint density at radius 1 is 1.22 bits per heavy atom. The van der Waals surface area contributed by atoms with Crippen LogP contribution in [-0.2, 0) is 16.1 Å². The fraction of sp³-hybridized carbons (Fsp3) is 0.650. The van der Waals surface area contributed by atoms with E-state index in [1.165, 1.54) is 0 Å². The van der Waals surface area contributed by atoms with Crippen molar-refractivity contribution in [3.63, 3.8) is 0 Å². The van der Waals surface area contributed by atoms with E-state index in [-0.39, 0.29) is 6.61 Å². The van der Waals surface area contributed by atoms with Crippen LogP contribution in [0.1, 0.15) is 18.9 Å². The first kappa shape index (κ1) is 23.4. The number of rotatable bonds is 14. The Kier molecular flexibility index (Phi) is 13.3. The van der Waals surface area contributed by atoms with Crippen LogP contribution in [0.4, 0.5) is 0 Å². The largest absolute Gasteiger partial charge is 0.389 e. The first-order chi connectivity index (χ1) is 13.2. The van der Waals surface area contributed by atoms with Crippen LogP contribution in [0.25, 0.3) is 0 Å². The Morgan fingerprint density at radius 3 is 2.70 bits per heavy atom. The van der Waals surface area contributed by atoms with Gasteiger partial charge in [0.1, 0.15) is 0 Å². The third-order valence-corrected chi connectivity index (χ3v) is 3.90. The first-order valence-corrected chi connectivity index (χ1v) is 9.65. The van der Waals surface area contributed by atoms with E-state index in [1.54, 1.807) is 7.11 Å². The van der Waals surface area contributed by atoms with Crippen molar-refractivity contribution < 1.29 is 14.6 Å². The van der Waals surface area contributed by atoms with Crippen molar-refractivity contribution in [1.82, 2.24) is 15.5 Å². The third kappa shape index (κ3) is 12.4. The Bertz CT molecular complexity index is 499. The minimum Gasteiger partial charge on any atom is -0.389 e. The van der Waals surface area contributed by atoms with Gasteiger partial charge in [-0.1, -0.05) is 30.3 Å². The van der Waals surface area contributed by atoms with Crippen molar-refractivity contribution in [2.75, 3.05) is 60.1 Å². The Labute approximate surface area is 163 Å². The zero-order valence-electron chi connectivity index (χ0n) is 17.0. The number of ether oxygens (including phenoxy) is 2. The van der Waals surface area contributed by atoms with E-state index >= 15 is 0 Å². The van der Waals surface area contributed by atoms with Gasteiger partial charge >= 0.3 is 0 Å². The Morgan fingerprint density at radius 2 is 2.00 bits per heavy atom. The Hall–Kier alpha value is -1.67. The molecule has 0 fully saturated rings. The van der Waals surface area contributed by atoms with Gasteiger partial charge in [-0.05, 0) is 26.0 Å². The molecule has 7 nitrogen and oxygen atoms in total. The predicted octanol–water partition coefficient (Wildman–Crippen LogP) is 1.09. The highest BCUT2D eigenvalue weighted by Gasteiger charge is 2.06. The van der Waals surface area contributed by atoms with E-state index in [0.29, 0.717) is 19.1 Å². The Balaban J connectivity index is 2.24. The fourth-order valence-electron chi connectivity index (χ4n) is 2.43. The standard InChI is InChI=1S/C20H36N4O3/c1-4-21-20(22-11-13-24(2)12-8-14-26-3)23-15-19(25)17-27-16-18-9-6-5-7-10-18/h5-7,9-10,19,25H,4,8,11-17H2,1-3H3,(H2,21,22,23). The summed E-state index contributed by atoms with van der Waals surface area (Å²) in [4.78, 5) is 6.69. The number of hydrogen-bond donors (Lipinski definition) is 3. The van der Waals surface area contributed by atoms with E-state index in [9.17, 15) is 5.11 Å². The minimum atomic E-state index is -0.624. The molecular weight excluding hydrogens is 344 g/mol. The molecule has 1 unspecified atom stereocenters. The number of aliphatic imine (C=N–C) groups is 1. The van der Waals surface area contributed by atoms with E-state index in [1.807, 2.05) is 37.3 Å². The average molecular weight is 381 g/mol. The maximum absolute atomic E-state index is 10.1. The van der Waals surface area contributed by atoms with Crippen LogP contribution < -0.4 is 10.6 Å². The third-order valence-electron chi connectivity index (χ3n) is 3.90. The predicted molar refractivity (Wildman–Crippen MR) is 110 cm³/mol. The molecule has 0 saturated heterocycles. The van der Waals surface area contributed by atoms with Gasteiger partial charge in [0, 0.05) is 39.9 Å². The molecule has 0 heterocycles. The lowest BCUT2D eigenvalue weighted by molar-refractivity contribution is 0.0331. The van der Waals surface area contributed by atoms with Crippen LogP contribution in [0.5, 0.6) is 0 Å². The summed E-state index contributed by atoms with van der Waals surface area (Å²) < 4.78 is 10.6. The molecule has 0 aliphatic heterocycles. The molecule has 154 valence electrons. The topological polar surface area (TPSA) is 78.4 Å². The van der Waals surface area contributed by atoms with E-state index < -0.39 is 6.10 Å². The van der Waals surface area contributed by atoms with Crippen molar-refractivity contribution in [3.05, 3.63) is 35.9 Å². The maximum atomic E-state index is 10.1. The van der Waals surface area contributed by atoms with Crippen molar-refractivity contribution >= 4 is 5.96 Å². The van der Waals surface area contributed by atoms with Crippen LogP contribution in [0.2, 0.25) is 0 Å².